The standard InChI is InChI=1S/C21H23ClN2O5S/c1-13-6-14(2)11-24(10-13)30(26,27)16-5-3-4-15(7-16)21(25)23-18-9-20-19(8-17(18)22)28-12-29-20/h3-5,7-9,13-14H,6,10-12H2,1-2H3,(H,23,25)/t13-,14-/m1/s1. The van der Waals surface area contributed by atoms with Crippen LogP contribution in [0.1, 0.15) is 30.6 Å². The number of ether oxygens (including phenoxy) is 2. The molecule has 1 amide bonds. The molecule has 0 aromatic heterocycles. The predicted octanol–water partition coefficient (Wildman–Crippen LogP) is 3.99. The Kier molecular flexibility index (Phi) is 5.65. The highest BCUT2D eigenvalue weighted by molar-refractivity contribution is 7.89. The highest BCUT2D eigenvalue weighted by Crippen LogP contribution is 2.39. The monoisotopic (exact) mass is 450 g/mol. The Hall–Kier alpha value is -2.29. The van der Waals surface area contributed by atoms with Crippen LogP contribution in [0.15, 0.2) is 41.3 Å². The third-order valence-corrected chi connectivity index (χ3v) is 7.42. The molecule has 2 heterocycles. The summed E-state index contributed by atoms with van der Waals surface area (Å²) in [7, 11) is -3.68. The smallest absolute Gasteiger partial charge is 0.255 e. The van der Waals surface area contributed by atoms with Gasteiger partial charge in [0, 0.05) is 30.8 Å². The quantitative estimate of drug-likeness (QED) is 0.761. The van der Waals surface area contributed by atoms with Gasteiger partial charge in [-0.3, -0.25) is 4.79 Å². The highest BCUT2D eigenvalue weighted by atomic mass is 35.5. The molecule has 2 aromatic carbocycles. The largest absolute Gasteiger partial charge is 0.454 e. The number of carbonyl (C=O) groups is 1. The van der Waals surface area contributed by atoms with Crippen molar-refractivity contribution in [3.63, 3.8) is 0 Å². The molecule has 1 N–H and O–H groups in total. The van der Waals surface area contributed by atoms with Crippen LogP contribution in [-0.4, -0.2) is 38.5 Å². The van der Waals surface area contributed by atoms with Crippen LogP contribution in [0.4, 0.5) is 5.69 Å². The fraction of sp³-hybridized carbons (Fsp3) is 0.381. The van der Waals surface area contributed by atoms with E-state index in [1.54, 1.807) is 24.3 Å². The summed E-state index contributed by atoms with van der Waals surface area (Å²) in [5, 5.41) is 3.01. The second-order valence-electron chi connectivity index (χ2n) is 7.94. The zero-order valence-electron chi connectivity index (χ0n) is 16.7. The van der Waals surface area contributed by atoms with Crippen LogP contribution in [-0.2, 0) is 10.0 Å². The van der Waals surface area contributed by atoms with Gasteiger partial charge in [-0.05, 0) is 36.5 Å². The number of benzene rings is 2. The van der Waals surface area contributed by atoms with Crippen LogP contribution in [0.2, 0.25) is 5.02 Å². The summed E-state index contributed by atoms with van der Waals surface area (Å²) in [6.45, 7) is 5.16. The lowest BCUT2D eigenvalue weighted by molar-refractivity contribution is 0.102. The average Bonchev–Trinajstić information content (AvgIpc) is 3.14. The minimum Gasteiger partial charge on any atom is -0.454 e. The third-order valence-electron chi connectivity index (χ3n) is 5.28. The van der Waals surface area contributed by atoms with Crippen LogP contribution in [0.3, 0.4) is 0 Å². The number of nitrogens with one attached hydrogen (secondary N) is 1. The van der Waals surface area contributed by atoms with Crippen LogP contribution in [0.25, 0.3) is 0 Å². The number of halogens is 1. The van der Waals surface area contributed by atoms with E-state index in [0.717, 1.165) is 6.42 Å². The van der Waals surface area contributed by atoms with Gasteiger partial charge in [0.05, 0.1) is 15.6 Å². The van der Waals surface area contributed by atoms with E-state index in [2.05, 4.69) is 19.2 Å². The van der Waals surface area contributed by atoms with Crippen LogP contribution < -0.4 is 14.8 Å². The summed E-state index contributed by atoms with van der Waals surface area (Å²) in [6.07, 6.45) is 1.00. The molecule has 2 aliphatic heterocycles. The topological polar surface area (TPSA) is 84.9 Å². The summed E-state index contributed by atoms with van der Waals surface area (Å²) < 4.78 is 38.4. The lowest BCUT2D eigenvalue weighted by atomic mass is 9.94. The molecule has 2 aliphatic rings. The first-order valence-electron chi connectivity index (χ1n) is 9.74. The second-order valence-corrected chi connectivity index (χ2v) is 10.3. The van der Waals surface area contributed by atoms with Crippen molar-refractivity contribution < 1.29 is 22.7 Å². The molecule has 0 radical (unpaired) electrons. The lowest BCUT2D eigenvalue weighted by Crippen LogP contribution is -2.42. The molecule has 0 saturated carbocycles. The number of rotatable bonds is 4. The Morgan fingerprint density at radius 2 is 1.77 bits per heavy atom. The first-order chi connectivity index (χ1) is 14.2. The SMILES string of the molecule is C[C@@H]1C[C@@H](C)CN(S(=O)(=O)c2cccc(C(=O)Nc3cc4c(cc3Cl)OCO4)c2)C1. The Bertz CT molecular complexity index is 1080. The Labute approximate surface area is 181 Å². The van der Waals surface area contributed by atoms with Gasteiger partial charge >= 0.3 is 0 Å². The molecule has 30 heavy (non-hydrogen) atoms. The first-order valence-corrected chi connectivity index (χ1v) is 11.6. The van der Waals surface area contributed by atoms with Crippen LogP contribution >= 0.6 is 11.6 Å². The number of sulfonamides is 1. The van der Waals surface area contributed by atoms with Crippen molar-refractivity contribution in [2.45, 2.75) is 25.2 Å². The summed E-state index contributed by atoms with van der Waals surface area (Å²) >= 11 is 6.22. The summed E-state index contributed by atoms with van der Waals surface area (Å²) in [4.78, 5) is 12.9. The molecular weight excluding hydrogens is 428 g/mol. The van der Waals surface area contributed by atoms with Crippen molar-refractivity contribution in [1.29, 1.82) is 0 Å². The van der Waals surface area contributed by atoms with Crippen molar-refractivity contribution in [3.8, 4) is 11.5 Å². The van der Waals surface area contributed by atoms with E-state index in [0.29, 0.717) is 47.1 Å². The van der Waals surface area contributed by atoms with E-state index in [1.165, 1.54) is 16.4 Å². The number of amides is 1. The van der Waals surface area contributed by atoms with Crippen molar-refractivity contribution in [2.75, 3.05) is 25.2 Å². The molecule has 9 heteroatoms. The molecule has 0 aliphatic carbocycles. The van der Waals surface area contributed by atoms with Crippen molar-refractivity contribution in [2.24, 2.45) is 11.8 Å². The molecule has 4 rings (SSSR count). The Balaban J connectivity index is 1.57. The zero-order valence-corrected chi connectivity index (χ0v) is 18.3. The van der Waals surface area contributed by atoms with Gasteiger partial charge in [0.15, 0.2) is 11.5 Å². The van der Waals surface area contributed by atoms with Crippen LogP contribution in [0, 0.1) is 11.8 Å². The average molecular weight is 451 g/mol. The first kappa shape index (κ1) is 21.0. The van der Waals surface area contributed by atoms with E-state index in [9.17, 15) is 13.2 Å². The summed E-state index contributed by atoms with van der Waals surface area (Å²) in [6, 6.07) is 9.20. The number of nitrogens with zero attached hydrogens (tertiary/aromatic N) is 1. The van der Waals surface area contributed by atoms with E-state index in [1.807, 2.05) is 0 Å². The fourth-order valence-corrected chi connectivity index (χ4v) is 5.88. The second kappa shape index (κ2) is 8.09. The highest BCUT2D eigenvalue weighted by Gasteiger charge is 2.32. The molecule has 0 unspecified atom stereocenters. The minimum atomic E-state index is -3.68. The maximum absolute atomic E-state index is 13.1. The van der Waals surface area contributed by atoms with E-state index >= 15 is 0 Å². The molecule has 0 bridgehead atoms. The van der Waals surface area contributed by atoms with Gasteiger partial charge in [0.2, 0.25) is 16.8 Å². The van der Waals surface area contributed by atoms with Gasteiger partial charge in [0.25, 0.3) is 5.91 Å². The number of hydrogen-bond donors (Lipinski definition) is 1. The van der Waals surface area contributed by atoms with Crippen molar-refractivity contribution in [1.82, 2.24) is 4.31 Å². The number of anilines is 1. The van der Waals surface area contributed by atoms with Gasteiger partial charge in [0.1, 0.15) is 0 Å². The van der Waals surface area contributed by atoms with Gasteiger partial charge in [-0.15, -0.1) is 0 Å². The van der Waals surface area contributed by atoms with Crippen molar-refractivity contribution >= 4 is 33.2 Å². The van der Waals surface area contributed by atoms with E-state index < -0.39 is 15.9 Å². The Morgan fingerprint density at radius 3 is 2.47 bits per heavy atom. The zero-order chi connectivity index (χ0) is 21.5. The van der Waals surface area contributed by atoms with Crippen LogP contribution in [0.5, 0.6) is 11.5 Å². The third kappa shape index (κ3) is 4.12. The number of hydrogen-bond acceptors (Lipinski definition) is 5. The maximum Gasteiger partial charge on any atom is 0.255 e. The van der Waals surface area contributed by atoms with Gasteiger partial charge in [-0.25, -0.2) is 8.42 Å². The molecule has 0 spiro atoms. The van der Waals surface area contributed by atoms with Gasteiger partial charge in [-0.2, -0.15) is 4.31 Å². The number of fused-ring (bicyclic) bond motifs is 1. The fourth-order valence-electron chi connectivity index (χ4n) is 3.96. The van der Waals surface area contributed by atoms with E-state index in [4.69, 9.17) is 21.1 Å². The molecular formula is C21H23ClN2O5S. The maximum atomic E-state index is 13.1. The van der Waals surface area contributed by atoms with Gasteiger partial charge in [-0.1, -0.05) is 31.5 Å². The normalized spacial score (nSPS) is 21.4. The molecule has 160 valence electrons. The number of piperidine rings is 1. The van der Waals surface area contributed by atoms with Crippen molar-refractivity contribution in [3.05, 3.63) is 47.0 Å². The number of carbonyl (C=O) groups excluding carboxylic acids is 1. The molecule has 1 saturated heterocycles. The lowest BCUT2D eigenvalue weighted by Gasteiger charge is -2.34. The molecule has 2 atom stereocenters. The predicted molar refractivity (Wildman–Crippen MR) is 114 cm³/mol. The summed E-state index contributed by atoms with van der Waals surface area (Å²) in [5.41, 5.74) is 0.584. The minimum absolute atomic E-state index is 0.0939. The Morgan fingerprint density at radius 1 is 1.10 bits per heavy atom. The molecule has 2 aromatic rings. The van der Waals surface area contributed by atoms with Gasteiger partial charge < -0.3 is 14.8 Å². The molecule has 1 fully saturated rings. The molecule has 7 nitrogen and oxygen atoms in total. The summed E-state index contributed by atoms with van der Waals surface area (Å²) in [5.74, 6) is 1.12. The van der Waals surface area contributed by atoms with E-state index in [-0.39, 0.29) is 17.3 Å².